The first-order valence-corrected chi connectivity index (χ1v) is 14.0. The van der Waals surface area contributed by atoms with E-state index in [9.17, 15) is 4.79 Å². The number of rotatable bonds is 5. The van der Waals surface area contributed by atoms with E-state index in [-0.39, 0.29) is 11.9 Å². The number of fused-ring (bicyclic) bond motifs is 1. The lowest BCUT2D eigenvalue weighted by Gasteiger charge is -2.30. The normalized spacial score (nSPS) is 18.9. The van der Waals surface area contributed by atoms with E-state index in [0.717, 1.165) is 68.5 Å². The number of thioether (sulfide) groups is 1. The molecule has 0 radical (unpaired) electrons. The van der Waals surface area contributed by atoms with Crippen molar-refractivity contribution in [2.45, 2.75) is 44.7 Å². The van der Waals surface area contributed by atoms with E-state index in [4.69, 9.17) is 16.6 Å². The van der Waals surface area contributed by atoms with Gasteiger partial charge in [0.2, 0.25) is 0 Å². The fourth-order valence-corrected chi connectivity index (χ4v) is 6.56. The van der Waals surface area contributed by atoms with Crippen LogP contribution >= 0.6 is 23.4 Å². The zero-order chi connectivity index (χ0) is 25.2. The Morgan fingerprint density at radius 1 is 0.919 bits per heavy atom. The van der Waals surface area contributed by atoms with E-state index in [1.165, 1.54) is 18.2 Å². The van der Waals surface area contributed by atoms with Crippen LogP contribution in [0.15, 0.2) is 95.0 Å². The van der Waals surface area contributed by atoms with Gasteiger partial charge in [0.25, 0.3) is 5.91 Å². The molecule has 2 heterocycles. The molecule has 3 aromatic carbocycles. The summed E-state index contributed by atoms with van der Waals surface area (Å²) >= 11 is 7.96. The van der Waals surface area contributed by atoms with Crippen molar-refractivity contribution in [1.82, 2.24) is 9.47 Å². The number of para-hydroxylation sites is 2. The maximum atomic E-state index is 13.8. The lowest BCUT2D eigenvalue weighted by molar-refractivity contribution is -0.124. The molecule has 0 unspecified atom stereocenters. The molecule has 0 N–H and O–H groups in total. The number of hydrogen-bond acceptors (Lipinski definition) is 3. The summed E-state index contributed by atoms with van der Waals surface area (Å²) in [5, 5.41) is 2.66. The van der Waals surface area contributed by atoms with Crippen LogP contribution in [-0.2, 0) is 11.3 Å². The molecule has 1 amide bonds. The Balaban J connectivity index is 1.39. The van der Waals surface area contributed by atoms with Crippen LogP contribution in [0, 0.1) is 0 Å². The number of carbonyl (C=O) groups is 1. The van der Waals surface area contributed by atoms with Gasteiger partial charge in [-0.2, -0.15) is 0 Å². The molecule has 0 bridgehead atoms. The smallest absolute Gasteiger partial charge is 0.267 e. The molecule has 2 aliphatic rings. The third-order valence-corrected chi connectivity index (χ3v) is 8.51. The minimum atomic E-state index is 0.0644. The van der Waals surface area contributed by atoms with Gasteiger partial charge >= 0.3 is 0 Å². The van der Waals surface area contributed by atoms with Crippen LogP contribution in [0.3, 0.4) is 0 Å². The molecule has 1 aliphatic carbocycles. The summed E-state index contributed by atoms with van der Waals surface area (Å²) < 4.78 is 2.21. The Labute approximate surface area is 226 Å². The lowest BCUT2D eigenvalue weighted by Crippen LogP contribution is -2.40. The van der Waals surface area contributed by atoms with Crippen LogP contribution < -0.4 is 0 Å². The average Bonchev–Trinajstić information content (AvgIpc) is 3.43. The van der Waals surface area contributed by atoms with Gasteiger partial charge in [0.15, 0.2) is 5.17 Å². The molecule has 4 aromatic rings. The highest BCUT2D eigenvalue weighted by atomic mass is 35.5. The van der Waals surface area contributed by atoms with Crippen LogP contribution in [0.2, 0.25) is 5.02 Å². The molecule has 1 saturated heterocycles. The maximum Gasteiger partial charge on any atom is 0.267 e. The van der Waals surface area contributed by atoms with Gasteiger partial charge in [0, 0.05) is 40.3 Å². The second-order valence-electron chi connectivity index (χ2n) is 9.63. The highest BCUT2D eigenvalue weighted by molar-refractivity contribution is 8.18. The van der Waals surface area contributed by atoms with Crippen LogP contribution in [0.5, 0.6) is 0 Å². The predicted molar refractivity (Wildman–Crippen MR) is 155 cm³/mol. The molecule has 1 aromatic heterocycles. The van der Waals surface area contributed by atoms with E-state index in [1.54, 1.807) is 0 Å². The van der Waals surface area contributed by atoms with Gasteiger partial charge in [0.05, 0.1) is 10.6 Å². The summed E-state index contributed by atoms with van der Waals surface area (Å²) in [5.74, 6) is 0.0644. The van der Waals surface area contributed by atoms with Crippen molar-refractivity contribution in [2.24, 2.45) is 4.99 Å². The van der Waals surface area contributed by atoms with Gasteiger partial charge in [-0.3, -0.25) is 9.69 Å². The number of hydrogen-bond donors (Lipinski definition) is 0. The molecule has 37 heavy (non-hydrogen) atoms. The van der Waals surface area contributed by atoms with Crippen LogP contribution in [0.1, 0.15) is 43.2 Å². The summed E-state index contributed by atoms with van der Waals surface area (Å²) in [6.45, 7) is 0.666. The largest absolute Gasteiger partial charge is 0.342 e. The highest BCUT2D eigenvalue weighted by Crippen LogP contribution is 2.39. The van der Waals surface area contributed by atoms with E-state index < -0.39 is 0 Å². The second kappa shape index (κ2) is 10.6. The zero-order valence-electron chi connectivity index (χ0n) is 20.5. The first-order chi connectivity index (χ1) is 18.2. The Hall–Kier alpha value is -3.28. The molecule has 2 fully saturated rings. The van der Waals surface area contributed by atoms with Gasteiger partial charge in [0.1, 0.15) is 0 Å². The van der Waals surface area contributed by atoms with Crippen molar-refractivity contribution >= 4 is 57.1 Å². The number of aromatic nitrogens is 1. The first-order valence-electron chi connectivity index (χ1n) is 12.9. The van der Waals surface area contributed by atoms with Crippen molar-refractivity contribution in [2.75, 3.05) is 0 Å². The van der Waals surface area contributed by atoms with Crippen molar-refractivity contribution in [3.8, 4) is 0 Å². The minimum absolute atomic E-state index is 0.0644. The fraction of sp³-hybridized carbons (Fsp3) is 0.226. The first kappa shape index (κ1) is 24.1. The Morgan fingerprint density at radius 2 is 1.65 bits per heavy atom. The number of carbonyl (C=O) groups excluding carboxylic acids is 1. The van der Waals surface area contributed by atoms with Gasteiger partial charge in [-0.15, -0.1) is 0 Å². The van der Waals surface area contributed by atoms with Crippen molar-refractivity contribution in [1.29, 1.82) is 0 Å². The van der Waals surface area contributed by atoms with E-state index in [2.05, 4.69) is 29.0 Å². The number of amidine groups is 1. The summed E-state index contributed by atoms with van der Waals surface area (Å²) in [7, 11) is 0. The Kier molecular flexibility index (Phi) is 6.90. The molecule has 6 rings (SSSR count). The van der Waals surface area contributed by atoms with Gasteiger partial charge in [-0.1, -0.05) is 85.5 Å². The quantitative estimate of drug-likeness (QED) is 0.246. The molecule has 0 atom stereocenters. The predicted octanol–water partition coefficient (Wildman–Crippen LogP) is 8.28. The molecule has 186 valence electrons. The molecule has 1 aliphatic heterocycles. The van der Waals surface area contributed by atoms with E-state index in [1.807, 2.05) is 71.6 Å². The second-order valence-corrected chi connectivity index (χ2v) is 11.0. The molecular weight excluding hydrogens is 498 g/mol. The topological polar surface area (TPSA) is 37.6 Å². The van der Waals surface area contributed by atoms with Crippen molar-refractivity contribution in [3.05, 3.63) is 106 Å². The van der Waals surface area contributed by atoms with Crippen molar-refractivity contribution < 1.29 is 4.79 Å². The van der Waals surface area contributed by atoms with Crippen LogP contribution in [0.4, 0.5) is 5.69 Å². The SMILES string of the molecule is O=C1/C(=C/c2cn(Cc3ccccc3Cl)c3ccccc23)SC(=Nc2ccccc2)N1C1CCCCC1. The van der Waals surface area contributed by atoms with Gasteiger partial charge < -0.3 is 4.57 Å². The van der Waals surface area contributed by atoms with Crippen LogP contribution in [0.25, 0.3) is 17.0 Å². The number of benzene rings is 3. The monoisotopic (exact) mass is 525 g/mol. The number of nitrogens with zero attached hydrogens (tertiary/aromatic N) is 3. The summed E-state index contributed by atoms with van der Waals surface area (Å²) in [6, 6.07) is 26.4. The Bertz CT molecular complexity index is 1500. The van der Waals surface area contributed by atoms with E-state index in [0.29, 0.717) is 6.54 Å². The van der Waals surface area contributed by atoms with Crippen molar-refractivity contribution in [3.63, 3.8) is 0 Å². The van der Waals surface area contributed by atoms with Gasteiger partial charge in [-0.25, -0.2) is 4.99 Å². The Morgan fingerprint density at radius 3 is 2.46 bits per heavy atom. The minimum Gasteiger partial charge on any atom is -0.342 e. The highest BCUT2D eigenvalue weighted by Gasteiger charge is 2.38. The average molecular weight is 526 g/mol. The van der Waals surface area contributed by atoms with Gasteiger partial charge in [-0.05, 0) is 60.5 Å². The molecule has 6 heteroatoms. The molecule has 4 nitrogen and oxygen atoms in total. The third kappa shape index (κ3) is 4.98. The number of amides is 1. The molecule has 1 saturated carbocycles. The standard InChI is InChI=1S/C31H28ClN3OS/c32-27-17-9-7-11-22(27)20-34-21-23(26-16-8-10-18-28(26)34)19-29-30(36)35(25-14-5-2-6-15-25)31(37-29)33-24-12-3-1-4-13-24/h1,3-4,7-13,16-19,21,25H,2,5-6,14-15,20H2/b29-19-,33-31?. The molecule has 0 spiro atoms. The maximum absolute atomic E-state index is 13.8. The zero-order valence-corrected chi connectivity index (χ0v) is 22.1. The number of aliphatic imine (C=N–C) groups is 1. The third-order valence-electron chi connectivity index (χ3n) is 7.16. The number of halogens is 1. The van der Waals surface area contributed by atoms with Crippen LogP contribution in [-0.4, -0.2) is 26.6 Å². The van der Waals surface area contributed by atoms with E-state index >= 15 is 0 Å². The fourth-order valence-electron chi connectivity index (χ4n) is 5.31. The lowest BCUT2D eigenvalue weighted by atomic mass is 9.94. The summed E-state index contributed by atoms with van der Waals surface area (Å²) in [4.78, 5) is 21.4. The summed E-state index contributed by atoms with van der Waals surface area (Å²) in [6.07, 6.45) is 9.80. The molecular formula is C31H28ClN3OS. The summed E-state index contributed by atoms with van der Waals surface area (Å²) in [5.41, 5.74) is 4.09.